The molecule has 4 rings (SSSR count). The molecule has 5 nitrogen and oxygen atoms in total. The normalized spacial score (nSPS) is 14.8. The SMILES string of the molecule is Cc1c(/C=C/CN2CCN(c3cc(Cl)cc(Cl)c3)CC2)cnn1-c1ccccn1.Cl. The first kappa shape index (κ1) is 22.6. The smallest absolute Gasteiger partial charge is 0.153 e. The fraction of sp³-hybridized carbons (Fsp3) is 0.273. The molecule has 30 heavy (non-hydrogen) atoms. The van der Waals surface area contributed by atoms with Crippen molar-refractivity contribution < 1.29 is 0 Å². The Morgan fingerprint density at radius 1 is 1.03 bits per heavy atom. The third-order valence-electron chi connectivity index (χ3n) is 5.16. The van der Waals surface area contributed by atoms with Crippen molar-refractivity contribution in [1.82, 2.24) is 19.7 Å². The molecule has 3 aromatic rings. The van der Waals surface area contributed by atoms with Gasteiger partial charge in [-0.25, -0.2) is 9.67 Å². The van der Waals surface area contributed by atoms with Gasteiger partial charge in [0.1, 0.15) is 0 Å². The summed E-state index contributed by atoms with van der Waals surface area (Å²) in [6.45, 7) is 6.90. The van der Waals surface area contributed by atoms with Crippen molar-refractivity contribution in [3.8, 4) is 5.82 Å². The lowest BCUT2D eigenvalue weighted by atomic mass is 10.2. The van der Waals surface area contributed by atoms with Crippen LogP contribution in [0.1, 0.15) is 11.3 Å². The van der Waals surface area contributed by atoms with Crippen molar-refractivity contribution in [1.29, 1.82) is 0 Å². The van der Waals surface area contributed by atoms with Crippen LogP contribution in [-0.2, 0) is 0 Å². The van der Waals surface area contributed by atoms with E-state index in [1.807, 2.05) is 41.2 Å². The maximum Gasteiger partial charge on any atom is 0.153 e. The van der Waals surface area contributed by atoms with E-state index in [1.165, 1.54) is 0 Å². The van der Waals surface area contributed by atoms with Gasteiger partial charge in [0.15, 0.2) is 5.82 Å². The minimum Gasteiger partial charge on any atom is -0.369 e. The van der Waals surface area contributed by atoms with E-state index < -0.39 is 0 Å². The van der Waals surface area contributed by atoms with E-state index >= 15 is 0 Å². The van der Waals surface area contributed by atoms with Crippen LogP contribution in [0, 0.1) is 6.92 Å². The van der Waals surface area contributed by atoms with Crippen LogP contribution in [0.15, 0.2) is 54.9 Å². The van der Waals surface area contributed by atoms with Gasteiger partial charge in [-0.1, -0.05) is 41.4 Å². The zero-order valence-corrected chi connectivity index (χ0v) is 19.0. The lowest BCUT2D eigenvalue weighted by molar-refractivity contribution is 0.284. The molecule has 0 unspecified atom stereocenters. The van der Waals surface area contributed by atoms with Gasteiger partial charge in [0.05, 0.1) is 11.9 Å². The highest BCUT2D eigenvalue weighted by Gasteiger charge is 2.17. The molecule has 2 aromatic heterocycles. The zero-order chi connectivity index (χ0) is 20.2. The van der Waals surface area contributed by atoms with Gasteiger partial charge < -0.3 is 4.90 Å². The Labute approximate surface area is 193 Å². The topological polar surface area (TPSA) is 37.2 Å². The molecule has 8 heteroatoms. The van der Waals surface area contributed by atoms with Gasteiger partial charge in [0, 0.05) is 60.2 Å². The minimum absolute atomic E-state index is 0. The van der Waals surface area contributed by atoms with Gasteiger partial charge >= 0.3 is 0 Å². The van der Waals surface area contributed by atoms with Crippen LogP contribution in [0.3, 0.4) is 0 Å². The summed E-state index contributed by atoms with van der Waals surface area (Å²) < 4.78 is 1.87. The molecule has 0 bridgehead atoms. The molecule has 0 radical (unpaired) electrons. The number of rotatable bonds is 5. The van der Waals surface area contributed by atoms with Crippen molar-refractivity contribution in [3.05, 3.63) is 76.2 Å². The minimum atomic E-state index is 0. The second-order valence-corrected chi connectivity index (χ2v) is 7.98. The van der Waals surface area contributed by atoms with E-state index in [2.05, 4.69) is 39.0 Å². The first-order valence-electron chi connectivity index (χ1n) is 9.66. The fourth-order valence-corrected chi connectivity index (χ4v) is 4.05. The molecule has 0 aliphatic carbocycles. The molecule has 3 heterocycles. The number of benzene rings is 1. The monoisotopic (exact) mass is 463 g/mol. The Kier molecular flexibility index (Phi) is 7.78. The van der Waals surface area contributed by atoms with Crippen molar-refractivity contribution in [2.75, 3.05) is 37.6 Å². The quantitative estimate of drug-likeness (QED) is 0.524. The molecule has 1 saturated heterocycles. The summed E-state index contributed by atoms with van der Waals surface area (Å²) >= 11 is 12.3. The first-order valence-corrected chi connectivity index (χ1v) is 10.4. The second kappa shape index (κ2) is 10.3. The van der Waals surface area contributed by atoms with Crippen molar-refractivity contribution in [2.45, 2.75) is 6.92 Å². The number of halogens is 3. The summed E-state index contributed by atoms with van der Waals surface area (Å²) in [6.07, 6.45) is 8.02. The molecule has 1 aliphatic rings. The molecule has 0 spiro atoms. The molecule has 1 aromatic carbocycles. The van der Waals surface area contributed by atoms with Crippen molar-refractivity contribution >= 4 is 47.4 Å². The van der Waals surface area contributed by atoms with Crippen LogP contribution in [0.2, 0.25) is 10.0 Å². The summed E-state index contributed by atoms with van der Waals surface area (Å²) in [5, 5.41) is 5.83. The van der Waals surface area contributed by atoms with Crippen LogP contribution in [0.4, 0.5) is 5.69 Å². The first-order chi connectivity index (χ1) is 14.1. The lowest BCUT2D eigenvalue weighted by Gasteiger charge is -2.35. The maximum atomic E-state index is 6.14. The number of piperazine rings is 1. The van der Waals surface area contributed by atoms with Crippen molar-refractivity contribution in [2.24, 2.45) is 0 Å². The zero-order valence-electron chi connectivity index (χ0n) is 16.7. The highest BCUT2D eigenvalue weighted by atomic mass is 35.5. The standard InChI is InChI=1S/C22H23Cl2N5.ClH/c1-17-18(16-26-29(17)22-6-2-3-7-25-22)5-4-8-27-9-11-28(12-10-27)21-14-19(23)13-20(24)15-21;/h2-7,13-16H,8-12H2,1H3;1H/b5-4+;. The predicted molar refractivity (Wildman–Crippen MR) is 127 cm³/mol. The van der Waals surface area contributed by atoms with E-state index in [9.17, 15) is 0 Å². The Morgan fingerprint density at radius 2 is 1.77 bits per heavy atom. The molecule has 0 N–H and O–H groups in total. The summed E-state index contributed by atoms with van der Waals surface area (Å²) in [7, 11) is 0. The summed E-state index contributed by atoms with van der Waals surface area (Å²) in [6, 6.07) is 11.6. The summed E-state index contributed by atoms with van der Waals surface area (Å²) in [5.74, 6) is 0.835. The van der Waals surface area contributed by atoms with Gasteiger partial charge in [-0.05, 0) is 37.3 Å². The number of hydrogen-bond donors (Lipinski definition) is 0. The van der Waals surface area contributed by atoms with Gasteiger partial charge in [0.25, 0.3) is 0 Å². The van der Waals surface area contributed by atoms with E-state index in [0.717, 1.165) is 55.5 Å². The number of pyridine rings is 1. The third kappa shape index (κ3) is 5.35. The van der Waals surface area contributed by atoms with Crippen LogP contribution >= 0.6 is 35.6 Å². The number of aromatic nitrogens is 3. The fourth-order valence-electron chi connectivity index (χ4n) is 3.54. The second-order valence-electron chi connectivity index (χ2n) is 7.10. The number of nitrogens with zero attached hydrogens (tertiary/aromatic N) is 5. The summed E-state index contributed by atoms with van der Waals surface area (Å²) in [4.78, 5) is 9.14. The van der Waals surface area contributed by atoms with E-state index in [4.69, 9.17) is 23.2 Å². The number of hydrogen-bond acceptors (Lipinski definition) is 4. The van der Waals surface area contributed by atoms with Crippen LogP contribution < -0.4 is 4.90 Å². The highest BCUT2D eigenvalue weighted by molar-refractivity contribution is 6.35. The largest absolute Gasteiger partial charge is 0.369 e. The Bertz CT molecular complexity index is 975. The molecule has 0 amide bonds. The maximum absolute atomic E-state index is 6.14. The van der Waals surface area contributed by atoms with Crippen LogP contribution in [-0.4, -0.2) is 52.4 Å². The van der Waals surface area contributed by atoms with Crippen LogP contribution in [0.5, 0.6) is 0 Å². The molecule has 0 atom stereocenters. The van der Waals surface area contributed by atoms with E-state index in [1.54, 1.807) is 12.3 Å². The average Bonchev–Trinajstić information content (AvgIpc) is 3.09. The molecular weight excluding hydrogens is 441 g/mol. The Hall–Kier alpha value is -2.05. The molecule has 1 fully saturated rings. The number of anilines is 1. The Balaban J connectivity index is 0.00000256. The average molecular weight is 465 g/mol. The highest BCUT2D eigenvalue weighted by Crippen LogP contribution is 2.26. The van der Waals surface area contributed by atoms with Crippen LogP contribution in [0.25, 0.3) is 11.9 Å². The predicted octanol–water partition coefficient (Wildman–Crippen LogP) is 5.14. The van der Waals surface area contributed by atoms with E-state index in [-0.39, 0.29) is 12.4 Å². The van der Waals surface area contributed by atoms with E-state index in [0.29, 0.717) is 10.0 Å². The third-order valence-corrected chi connectivity index (χ3v) is 5.60. The van der Waals surface area contributed by atoms with Gasteiger partial charge in [-0.3, -0.25) is 4.90 Å². The summed E-state index contributed by atoms with van der Waals surface area (Å²) in [5.41, 5.74) is 3.29. The molecule has 1 aliphatic heterocycles. The van der Waals surface area contributed by atoms with Gasteiger partial charge in [-0.2, -0.15) is 5.10 Å². The molecule has 158 valence electrons. The van der Waals surface area contributed by atoms with Crippen molar-refractivity contribution in [3.63, 3.8) is 0 Å². The Morgan fingerprint density at radius 3 is 2.43 bits per heavy atom. The molecular formula is C22H24Cl3N5. The van der Waals surface area contributed by atoms with Gasteiger partial charge in [-0.15, -0.1) is 12.4 Å². The lowest BCUT2D eigenvalue weighted by Crippen LogP contribution is -2.46. The molecule has 0 saturated carbocycles. The van der Waals surface area contributed by atoms with Gasteiger partial charge in [0.2, 0.25) is 0 Å².